The van der Waals surface area contributed by atoms with Crippen molar-refractivity contribution in [2.24, 2.45) is 5.92 Å². The Balaban J connectivity index is 2.12. The molecule has 0 saturated heterocycles. The van der Waals surface area contributed by atoms with Crippen molar-refractivity contribution in [3.05, 3.63) is 29.8 Å². The van der Waals surface area contributed by atoms with Crippen LogP contribution in [0.15, 0.2) is 24.3 Å². The summed E-state index contributed by atoms with van der Waals surface area (Å²) >= 11 is 0. The van der Waals surface area contributed by atoms with Gasteiger partial charge in [0.05, 0.1) is 0 Å². The molecule has 20 heavy (non-hydrogen) atoms. The van der Waals surface area contributed by atoms with Gasteiger partial charge in [-0.2, -0.15) is 0 Å². The quantitative estimate of drug-likeness (QED) is 0.880. The van der Waals surface area contributed by atoms with E-state index < -0.39 is 0 Å². The maximum Gasteiger partial charge on any atom is 0.242 e. The Morgan fingerprint density at radius 2 is 2.10 bits per heavy atom. The van der Waals surface area contributed by atoms with Gasteiger partial charge in [0.2, 0.25) is 5.91 Å². The number of para-hydroxylation sites is 1. The summed E-state index contributed by atoms with van der Waals surface area (Å²) < 4.78 is 0. The predicted octanol–water partition coefficient (Wildman–Crippen LogP) is 1.76. The zero-order valence-electron chi connectivity index (χ0n) is 12.6. The fourth-order valence-corrected chi connectivity index (χ4v) is 2.48. The molecule has 2 rings (SSSR count). The molecule has 0 aliphatic carbocycles. The van der Waals surface area contributed by atoms with Crippen LogP contribution in [-0.4, -0.2) is 31.6 Å². The highest BCUT2D eigenvalue weighted by Gasteiger charge is 2.24. The van der Waals surface area contributed by atoms with Gasteiger partial charge in [0, 0.05) is 31.9 Å². The Bertz CT molecular complexity index is 459. The predicted molar refractivity (Wildman–Crippen MR) is 82.8 cm³/mol. The van der Waals surface area contributed by atoms with Crippen LogP contribution >= 0.6 is 0 Å². The fourth-order valence-electron chi connectivity index (χ4n) is 2.48. The Hall–Kier alpha value is -1.55. The minimum absolute atomic E-state index is 0.107. The maximum absolute atomic E-state index is 12.3. The van der Waals surface area contributed by atoms with E-state index in [4.69, 9.17) is 0 Å². The molecule has 1 heterocycles. The van der Waals surface area contributed by atoms with Crippen molar-refractivity contribution < 1.29 is 4.79 Å². The molecule has 0 radical (unpaired) electrons. The lowest BCUT2D eigenvalue weighted by atomic mass is 10.1. The van der Waals surface area contributed by atoms with Gasteiger partial charge >= 0.3 is 0 Å². The lowest BCUT2D eigenvalue weighted by Crippen LogP contribution is -2.47. The first-order valence-corrected chi connectivity index (χ1v) is 7.42. The van der Waals surface area contributed by atoms with E-state index in [9.17, 15) is 4.79 Å². The molecule has 1 atom stereocenters. The average molecular weight is 275 g/mol. The second-order valence-electron chi connectivity index (χ2n) is 5.81. The minimum Gasteiger partial charge on any atom is -0.358 e. The van der Waals surface area contributed by atoms with Gasteiger partial charge in [0.1, 0.15) is 6.04 Å². The van der Waals surface area contributed by atoms with Gasteiger partial charge in [0.25, 0.3) is 0 Å². The molecule has 0 fully saturated rings. The summed E-state index contributed by atoms with van der Waals surface area (Å²) in [6, 6.07) is 8.17. The largest absolute Gasteiger partial charge is 0.358 e. The van der Waals surface area contributed by atoms with Crippen LogP contribution < -0.4 is 15.5 Å². The minimum atomic E-state index is -0.144. The number of nitrogens with one attached hydrogen (secondary N) is 2. The van der Waals surface area contributed by atoms with Gasteiger partial charge in [0.15, 0.2) is 0 Å². The van der Waals surface area contributed by atoms with Crippen LogP contribution in [0.4, 0.5) is 5.69 Å². The fraction of sp³-hybridized carbons (Fsp3) is 0.562. The van der Waals surface area contributed by atoms with Crippen molar-refractivity contribution in [3.63, 3.8) is 0 Å². The van der Waals surface area contributed by atoms with Gasteiger partial charge in [-0.25, -0.2) is 0 Å². The van der Waals surface area contributed by atoms with Crippen LogP contribution in [-0.2, 0) is 11.3 Å². The standard InChI is InChI=1S/C16H25N3O/c1-12(2)10-18-16(20)13(3)19-9-8-17-11-14-6-4-5-7-15(14)19/h4-7,12-13,17H,8-11H2,1-3H3,(H,18,20). The highest BCUT2D eigenvalue weighted by Crippen LogP contribution is 2.24. The van der Waals surface area contributed by atoms with E-state index in [0.717, 1.165) is 26.2 Å². The zero-order valence-corrected chi connectivity index (χ0v) is 12.6. The smallest absolute Gasteiger partial charge is 0.242 e. The van der Waals surface area contributed by atoms with Crippen LogP contribution in [0.5, 0.6) is 0 Å². The molecule has 4 nitrogen and oxygen atoms in total. The molecule has 1 unspecified atom stereocenters. The van der Waals surface area contributed by atoms with Crippen LogP contribution in [0, 0.1) is 5.92 Å². The van der Waals surface area contributed by atoms with Crippen molar-refractivity contribution in [2.75, 3.05) is 24.5 Å². The lowest BCUT2D eigenvalue weighted by Gasteiger charge is -2.30. The van der Waals surface area contributed by atoms with Crippen LogP contribution in [0.1, 0.15) is 26.3 Å². The Labute approximate surface area is 121 Å². The van der Waals surface area contributed by atoms with Gasteiger partial charge in [-0.05, 0) is 24.5 Å². The summed E-state index contributed by atoms with van der Waals surface area (Å²) in [4.78, 5) is 14.5. The number of hydrogen-bond donors (Lipinski definition) is 2. The number of hydrogen-bond acceptors (Lipinski definition) is 3. The number of benzene rings is 1. The monoisotopic (exact) mass is 275 g/mol. The summed E-state index contributed by atoms with van der Waals surface area (Å²) in [5, 5.41) is 6.43. The molecule has 110 valence electrons. The van der Waals surface area contributed by atoms with Crippen LogP contribution in [0.3, 0.4) is 0 Å². The van der Waals surface area contributed by atoms with Crippen LogP contribution in [0.2, 0.25) is 0 Å². The molecule has 0 bridgehead atoms. The van der Waals surface area contributed by atoms with Gasteiger partial charge < -0.3 is 15.5 Å². The van der Waals surface area contributed by atoms with E-state index >= 15 is 0 Å². The summed E-state index contributed by atoms with van der Waals surface area (Å²) in [7, 11) is 0. The molecule has 2 N–H and O–H groups in total. The van der Waals surface area contributed by atoms with E-state index in [0.29, 0.717) is 5.92 Å². The third-order valence-corrected chi connectivity index (χ3v) is 3.68. The Kier molecular flexibility index (Phi) is 5.01. The Morgan fingerprint density at radius 1 is 1.35 bits per heavy atom. The van der Waals surface area contributed by atoms with Gasteiger partial charge in [-0.1, -0.05) is 32.0 Å². The van der Waals surface area contributed by atoms with E-state index in [2.05, 4.69) is 41.5 Å². The molecule has 1 aliphatic rings. The number of fused-ring (bicyclic) bond motifs is 1. The third-order valence-electron chi connectivity index (χ3n) is 3.68. The zero-order chi connectivity index (χ0) is 14.5. The van der Waals surface area contributed by atoms with E-state index in [1.807, 2.05) is 19.1 Å². The maximum atomic E-state index is 12.3. The third kappa shape index (κ3) is 3.51. The number of carbonyl (C=O) groups excluding carboxylic acids is 1. The second kappa shape index (κ2) is 6.75. The van der Waals surface area contributed by atoms with E-state index in [-0.39, 0.29) is 11.9 Å². The Morgan fingerprint density at radius 3 is 2.85 bits per heavy atom. The molecule has 0 saturated carbocycles. The average Bonchev–Trinajstić information content (AvgIpc) is 2.66. The lowest BCUT2D eigenvalue weighted by molar-refractivity contribution is -0.122. The van der Waals surface area contributed by atoms with E-state index in [1.54, 1.807) is 0 Å². The first-order chi connectivity index (χ1) is 9.59. The van der Waals surface area contributed by atoms with Gasteiger partial charge in [-0.3, -0.25) is 4.79 Å². The molecule has 0 spiro atoms. The van der Waals surface area contributed by atoms with Crippen molar-refractivity contribution in [1.29, 1.82) is 0 Å². The molecule has 4 heteroatoms. The number of amides is 1. The normalized spacial score (nSPS) is 16.5. The van der Waals surface area contributed by atoms with Gasteiger partial charge in [-0.15, -0.1) is 0 Å². The summed E-state index contributed by atoms with van der Waals surface area (Å²) in [6.45, 7) is 9.55. The summed E-state index contributed by atoms with van der Waals surface area (Å²) in [5.41, 5.74) is 2.43. The van der Waals surface area contributed by atoms with Crippen LogP contribution in [0.25, 0.3) is 0 Å². The highest BCUT2D eigenvalue weighted by atomic mass is 16.2. The van der Waals surface area contributed by atoms with Crippen molar-refractivity contribution in [2.45, 2.75) is 33.4 Å². The van der Waals surface area contributed by atoms with Crippen molar-refractivity contribution in [1.82, 2.24) is 10.6 Å². The number of nitrogens with zero attached hydrogens (tertiary/aromatic N) is 1. The highest BCUT2D eigenvalue weighted by molar-refractivity contribution is 5.85. The molecular formula is C16H25N3O. The molecule has 1 amide bonds. The summed E-state index contributed by atoms with van der Waals surface area (Å²) in [5.74, 6) is 0.583. The topological polar surface area (TPSA) is 44.4 Å². The molecule has 0 aromatic heterocycles. The summed E-state index contributed by atoms with van der Waals surface area (Å²) in [6.07, 6.45) is 0. The molecule has 1 aromatic carbocycles. The second-order valence-corrected chi connectivity index (χ2v) is 5.81. The first kappa shape index (κ1) is 14.9. The van der Waals surface area contributed by atoms with Crippen molar-refractivity contribution in [3.8, 4) is 0 Å². The molecular weight excluding hydrogens is 250 g/mol. The van der Waals surface area contributed by atoms with E-state index in [1.165, 1.54) is 11.3 Å². The molecule has 1 aliphatic heterocycles. The SMILES string of the molecule is CC(C)CNC(=O)C(C)N1CCNCc2ccccc21. The number of carbonyl (C=O) groups is 1. The first-order valence-electron chi connectivity index (χ1n) is 7.42. The number of rotatable bonds is 4. The molecule has 1 aromatic rings. The van der Waals surface area contributed by atoms with Crippen molar-refractivity contribution >= 4 is 11.6 Å². The number of anilines is 1.